The van der Waals surface area contributed by atoms with Gasteiger partial charge in [-0.3, -0.25) is 4.79 Å². The Kier molecular flexibility index (Phi) is 4.64. The number of anilines is 2. The van der Waals surface area contributed by atoms with Crippen LogP contribution in [0.25, 0.3) is 0 Å². The van der Waals surface area contributed by atoms with Crippen LogP contribution in [-0.4, -0.2) is 5.91 Å². The Morgan fingerprint density at radius 1 is 0.783 bits per heavy atom. The van der Waals surface area contributed by atoms with Gasteiger partial charge in [-0.25, -0.2) is 0 Å². The van der Waals surface area contributed by atoms with Gasteiger partial charge in [0.2, 0.25) is 0 Å². The number of carbonyl (C=O) groups is 1. The maximum atomic E-state index is 12.3. The summed E-state index contributed by atoms with van der Waals surface area (Å²) in [5, 5.41) is 2.82. The third-order valence-electron chi connectivity index (χ3n) is 3.30. The average Bonchev–Trinajstić information content (AvgIpc) is 2.58. The number of benzene rings is 3. The van der Waals surface area contributed by atoms with Gasteiger partial charge in [0.15, 0.2) is 0 Å². The van der Waals surface area contributed by atoms with E-state index < -0.39 is 0 Å². The van der Waals surface area contributed by atoms with Crippen LogP contribution < -0.4 is 11.1 Å². The molecule has 23 heavy (non-hydrogen) atoms. The lowest BCUT2D eigenvalue weighted by Gasteiger charge is -2.08. The number of rotatable bonds is 4. The summed E-state index contributed by atoms with van der Waals surface area (Å²) in [6, 6.07) is 24.9. The summed E-state index contributed by atoms with van der Waals surface area (Å²) in [6.07, 6.45) is 0. The van der Waals surface area contributed by atoms with E-state index >= 15 is 0 Å². The molecule has 0 aliphatic rings. The smallest absolute Gasteiger partial charge is 0.255 e. The van der Waals surface area contributed by atoms with Crippen LogP contribution in [0.15, 0.2) is 88.7 Å². The zero-order chi connectivity index (χ0) is 16.1. The molecule has 1 amide bonds. The normalized spacial score (nSPS) is 10.3. The molecule has 0 aliphatic carbocycles. The van der Waals surface area contributed by atoms with Crippen LogP contribution in [0.4, 0.5) is 11.4 Å². The first-order valence-corrected chi connectivity index (χ1v) is 8.03. The summed E-state index contributed by atoms with van der Waals surface area (Å²) in [4.78, 5) is 14.5. The quantitative estimate of drug-likeness (QED) is 0.687. The molecule has 0 atom stereocenters. The molecular weight excluding hydrogens is 304 g/mol. The molecule has 0 aromatic heterocycles. The standard InChI is InChI=1S/C19H16N2OS/c20-17-8-4-5-9-18(17)21-19(22)14-10-12-16(13-11-14)23-15-6-2-1-3-7-15/h1-13H,20H2,(H,21,22). The highest BCUT2D eigenvalue weighted by Crippen LogP contribution is 2.27. The van der Waals surface area contributed by atoms with E-state index in [0.717, 1.165) is 4.90 Å². The summed E-state index contributed by atoms with van der Waals surface area (Å²) in [5.74, 6) is -0.167. The predicted octanol–water partition coefficient (Wildman–Crippen LogP) is 4.67. The van der Waals surface area contributed by atoms with E-state index in [1.54, 1.807) is 23.9 Å². The van der Waals surface area contributed by atoms with Gasteiger partial charge in [-0.15, -0.1) is 0 Å². The van der Waals surface area contributed by atoms with Crippen LogP contribution in [0.5, 0.6) is 0 Å². The van der Waals surface area contributed by atoms with Gasteiger partial charge in [-0.1, -0.05) is 42.1 Å². The molecule has 3 rings (SSSR count). The fourth-order valence-electron chi connectivity index (χ4n) is 2.10. The Labute approximate surface area is 139 Å². The zero-order valence-corrected chi connectivity index (χ0v) is 13.2. The molecular formula is C19H16N2OS. The SMILES string of the molecule is Nc1ccccc1NC(=O)c1ccc(Sc2ccccc2)cc1. The van der Waals surface area contributed by atoms with Crippen molar-refractivity contribution in [1.29, 1.82) is 0 Å². The summed E-state index contributed by atoms with van der Waals surface area (Å²) >= 11 is 1.66. The topological polar surface area (TPSA) is 55.1 Å². The maximum Gasteiger partial charge on any atom is 0.255 e. The van der Waals surface area contributed by atoms with E-state index in [2.05, 4.69) is 17.4 Å². The highest BCUT2D eigenvalue weighted by molar-refractivity contribution is 7.99. The second-order valence-electron chi connectivity index (χ2n) is 4.98. The van der Waals surface area contributed by atoms with Crippen molar-refractivity contribution in [1.82, 2.24) is 0 Å². The van der Waals surface area contributed by atoms with Gasteiger partial charge < -0.3 is 11.1 Å². The van der Waals surface area contributed by atoms with Crippen molar-refractivity contribution in [3.8, 4) is 0 Å². The van der Waals surface area contributed by atoms with Crippen LogP contribution in [0, 0.1) is 0 Å². The molecule has 0 aliphatic heterocycles. The average molecular weight is 320 g/mol. The van der Waals surface area contributed by atoms with Crippen molar-refractivity contribution >= 4 is 29.0 Å². The molecule has 0 radical (unpaired) electrons. The van der Waals surface area contributed by atoms with Crippen LogP contribution in [0.3, 0.4) is 0 Å². The second-order valence-corrected chi connectivity index (χ2v) is 6.13. The van der Waals surface area contributed by atoms with Gasteiger partial charge in [0.1, 0.15) is 0 Å². The molecule has 0 saturated heterocycles. The van der Waals surface area contributed by atoms with Crippen LogP contribution in [0.2, 0.25) is 0 Å². The molecule has 0 fully saturated rings. The molecule has 0 spiro atoms. The van der Waals surface area contributed by atoms with E-state index in [9.17, 15) is 4.79 Å². The Hall–Kier alpha value is -2.72. The second kappa shape index (κ2) is 7.03. The van der Waals surface area contributed by atoms with Gasteiger partial charge in [0, 0.05) is 15.4 Å². The third-order valence-corrected chi connectivity index (χ3v) is 4.32. The van der Waals surface area contributed by atoms with Crippen molar-refractivity contribution in [2.24, 2.45) is 0 Å². The number of hydrogen-bond donors (Lipinski definition) is 2. The molecule has 114 valence electrons. The zero-order valence-electron chi connectivity index (χ0n) is 12.4. The van der Waals surface area contributed by atoms with E-state index in [1.807, 2.05) is 54.6 Å². The van der Waals surface area contributed by atoms with Crippen molar-refractivity contribution in [2.45, 2.75) is 9.79 Å². The van der Waals surface area contributed by atoms with Crippen LogP contribution >= 0.6 is 11.8 Å². The van der Waals surface area contributed by atoms with Gasteiger partial charge in [-0.2, -0.15) is 0 Å². The van der Waals surface area contributed by atoms with Crippen molar-refractivity contribution in [3.63, 3.8) is 0 Å². The number of carbonyl (C=O) groups excluding carboxylic acids is 1. The number of nitrogens with two attached hydrogens (primary N) is 1. The van der Waals surface area contributed by atoms with Crippen LogP contribution in [-0.2, 0) is 0 Å². The summed E-state index contributed by atoms with van der Waals surface area (Å²) in [5.41, 5.74) is 7.62. The lowest BCUT2D eigenvalue weighted by atomic mass is 10.2. The minimum absolute atomic E-state index is 0.167. The molecule has 0 heterocycles. The summed E-state index contributed by atoms with van der Waals surface area (Å²) in [6.45, 7) is 0. The molecule has 0 saturated carbocycles. The summed E-state index contributed by atoms with van der Waals surface area (Å²) < 4.78 is 0. The first-order valence-electron chi connectivity index (χ1n) is 7.21. The third kappa shape index (κ3) is 3.93. The number of nitrogen functional groups attached to an aromatic ring is 1. The number of nitrogens with one attached hydrogen (secondary N) is 1. The highest BCUT2D eigenvalue weighted by atomic mass is 32.2. The largest absolute Gasteiger partial charge is 0.397 e. The molecule has 0 unspecified atom stereocenters. The first-order chi connectivity index (χ1) is 11.2. The number of hydrogen-bond acceptors (Lipinski definition) is 3. The number of amides is 1. The van der Waals surface area contributed by atoms with Gasteiger partial charge in [0.25, 0.3) is 5.91 Å². The minimum atomic E-state index is -0.167. The van der Waals surface area contributed by atoms with Gasteiger partial charge in [-0.05, 0) is 48.5 Å². The lowest BCUT2D eigenvalue weighted by molar-refractivity contribution is 0.102. The first kappa shape index (κ1) is 15.2. The fraction of sp³-hybridized carbons (Fsp3) is 0. The van der Waals surface area contributed by atoms with Gasteiger partial charge in [0.05, 0.1) is 11.4 Å². The minimum Gasteiger partial charge on any atom is -0.397 e. The number of para-hydroxylation sites is 2. The van der Waals surface area contributed by atoms with E-state index in [0.29, 0.717) is 16.9 Å². The maximum absolute atomic E-state index is 12.3. The molecule has 0 bridgehead atoms. The Morgan fingerprint density at radius 2 is 1.39 bits per heavy atom. The predicted molar refractivity (Wildman–Crippen MR) is 95.8 cm³/mol. The van der Waals surface area contributed by atoms with E-state index in [4.69, 9.17) is 5.73 Å². The van der Waals surface area contributed by atoms with Crippen molar-refractivity contribution in [2.75, 3.05) is 11.1 Å². The molecule has 3 aromatic carbocycles. The molecule has 4 heteroatoms. The molecule has 3 N–H and O–H groups in total. The summed E-state index contributed by atoms with van der Waals surface area (Å²) in [7, 11) is 0. The van der Waals surface area contributed by atoms with Crippen molar-refractivity contribution in [3.05, 3.63) is 84.4 Å². The monoisotopic (exact) mass is 320 g/mol. The molecule has 3 aromatic rings. The Morgan fingerprint density at radius 3 is 2.09 bits per heavy atom. The van der Waals surface area contributed by atoms with Crippen LogP contribution in [0.1, 0.15) is 10.4 Å². The molecule has 3 nitrogen and oxygen atoms in total. The highest BCUT2D eigenvalue weighted by Gasteiger charge is 2.08. The van der Waals surface area contributed by atoms with E-state index in [-0.39, 0.29) is 5.91 Å². The Bertz CT molecular complexity index is 801. The van der Waals surface area contributed by atoms with Gasteiger partial charge >= 0.3 is 0 Å². The van der Waals surface area contributed by atoms with Crippen molar-refractivity contribution < 1.29 is 4.79 Å². The fourth-order valence-corrected chi connectivity index (χ4v) is 2.94. The lowest BCUT2D eigenvalue weighted by Crippen LogP contribution is -2.12. The van der Waals surface area contributed by atoms with E-state index in [1.165, 1.54) is 4.90 Å². The Balaban J connectivity index is 1.69.